The SMILES string of the molecule is CC(=O)c1ccc(NC(=O)CSc2nc(-c3ccccc3)nc3cc(=O)[nH]n23)cc1. The molecule has 0 bridgehead atoms. The third-order valence-corrected chi connectivity index (χ3v) is 5.20. The number of aromatic amines is 1. The molecule has 1 amide bonds. The number of rotatable bonds is 6. The van der Waals surface area contributed by atoms with Crippen molar-refractivity contribution in [2.75, 3.05) is 11.1 Å². The Hall–Kier alpha value is -3.72. The van der Waals surface area contributed by atoms with Gasteiger partial charge in [-0.15, -0.1) is 0 Å². The van der Waals surface area contributed by atoms with Gasteiger partial charge in [-0.05, 0) is 31.2 Å². The van der Waals surface area contributed by atoms with Crippen LogP contribution in [0.15, 0.2) is 70.6 Å². The number of carbonyl (C=O) groups excluding carboxylic acids is 2. The van der Waals surface area contributed by atoms with E-state index >= 15 is 0 Å². The fraction of sp³-hybridized carbons (Fsp3) is 0.0952. The molecule has 0 fully saturated rings. The Labute approximate surface area is 175 Å². The number of Topliss-reactive ketones (excluding diaryl/α,β-unsaturated/α-hetero) is 1. The molecule has 0 aliphatic carbocycles. The fourth-order valence-corrected chi connectivity index (χ4v) is 3.56. The van der Waals surface area contributed by atoms with E-state index in [-0.39, 0.29) is 23.0 Å². The van der Waals surface area contributed by atoms with Gasteiger partial charge in [0.05, 0.1) is 5.75 Å². The van der Waals surface area contributed by atoms with Crippen molar-refractivity contribution in [2.45, 2.75) is 12.1 Å². The summed E-state index contributed by atoms with van der Waals surface area (Å²) in [5.74, 6) is 0.274. The molecule has 0 aliphatic rings. The summed E-state index contributed by atoms with van der Waals surface area (Å²) in [4.78, 5) is 44.5. The molecule has 150 valence electrons. The van der Waals surface area contributed by atoms with Crippen LogP contribution in [0.1, 0.15) is 17.3 Å². The number of fused-ring (bicyclic) bond motifs is 1. The van der Waals surface area contributed by atoms with Crippen LogP contribution in [-0.4, -0.2) is 37.0 Å². The van der Waals surface area contributed by atoms with Crippen LogP contribution < -0.4 is 10.9 Å². The molecule has 9 heteroatoms. The first-order valence-electron chi connectivity index (χ1n) is 9.08. The normalized spacial score (nSPS) is 10.8. The average Bonchev–Trinajstić information content (AvgIpc) is 3.13. The Morgan fingerprint density at radius 3 is 2.50 bits per heavy atom. The van der Waals surface area contributed by atoms with Gasteiger partial charge in [0.1, 0.15) is 0 Å². The maximum atomic E-state index is 12.4. The highest BCUT2D eigenvalue weighted by Crippen LogP contribution is 2.21. The minimum absolute atomic E-state index is 0.0360. The summed E-state index contributed by atoms with van der Waals surface area (Å²) < 4.78 is 1.47. The van der Waals surface area contributed by atoms with Crippen molar-refractivity contribution < 1.29 is 9.59 Å². The lowest BCUT2D eigenvalue weighted by atomic mass is 10.1. The molecular formula is C21H17N5O3S. The standard InChI is InChI=1S/C21H17N5O3S/c1-13(27)14-7-9-16(10-8-14)22-19(29)12-30-21-24-20(15-5-3-2-4-6-15)23-17-11-18(28)25-26(17)21/h2-11H,12H2,1H3,(H,22,29)(H,25,28). The molecule has 0 saturated heterocycles. The van der Waals surface area contributed by atoms with E-state index in [0.29, 0.717) is 27.9 Å². The van der Waals surface area contributed by atoms with Crippen LogP contribution in [0.4, 0.5) is 5.69 Å². The van der Waals surface area contributed by atoms with Gasteiger partial charge in [0.2, 0.25) is 5.91 Å². The number of benzene rings is 2. The lowest BCUT2D eigenvalue weighted by molar-refractivity contribution is -0.113. The van der Waals surface area contributed by atoms with Gasteiger partial charge in [-0.3, -0.25) is 19.5 Å². The van der Waals surface area contributed by atoms with Crippen LogP contribution in [0, 0.1) is 0 Å². The van der Waals surface area contributed by atoms with E-state index in [2.05, 4.69) is 20.4 Å². The van der Waals surface area contributed by atoms with Gasteiger partial charge >= 0.3 is 0 Å². The van der Waals surface area contributed by atoms with Gasteiger partial charge in [0.25, 0.3) is 5.56 Å². The molecule has 30 heavy (non-hydrogen) atoms. The van der Waals surface area contributed by atoms with E-state index in [4.69, 9.17) is 0 Å². The number of nitrogens with one attached hydrogen (secondary N) is 2. The summed E-state index contributed by atoms with van der Waals surface area (Å²) in [6, 6.07) is 17.5. The second-order valence-corrected chi connectivity index (χ2v) is 7.42. The molecule has 0 aliphatic heterocycles. The van der Waals surface area contributed by atoms with Crippen molar-refractivity contribution in [1.82, 2.24) is 19.6 Å². The maximum absolute atomic E-state index is 12.4. The Morgan fingerprint density at radius 2 is 1.80 bits per heavy atom. The second kappa shape index (κ2) is 8.34. The quantitative estimate of drug-likeness (QED) is 0.367. The number of hydrogen-bond acceptors (Lipinski definition) is 6. The summed E-state index contributed by atoms with van der Waals surface area (Å²) in [6.45, 7) is 1.49. The third-order valence-electron chi connectivity index (χ3n) is 4.26. The number of nitrogens with zero attached hydrogens (tertiary/aromatic N) is 3. The zero-order valence-corrected chi connectivity index (χ0v) is 16.8. The highest BCUT2D eigenvalue weighted by molar-refractivity contribution is 7.99. The zero-order valence-electron chi connectivity index (χ0n) is 16.0. The van der Waals surface area contributed by atoms with Crippen molar-refractivity contribution >= 4 is 34.8 Å². The van der Waals surface area contributed by atoms with E-state index in [1.54, 1.807) is 24.3 Å². The molecule has 2 aromatic carbocycles. The minimum Gasteiger partial charge on any atom is -0.325 e. The van der Waals surface area contributed by atoms with Crippen LogP contribution in [0.3, 0.4) is 0 Å². The maximum Gasteiger partial charge on any atom is 0.266 e. The van der Waals surface area contributed by atoms with Crippen LogP contribution in [-0.2, 0) is 4.79 Å². The average molecular weight is 419 g/mol. The number of thioether (sulfide) groups is 1. The van der Waals surface area contributed by atoms with E-state index in [9.17, 15) is 14.4 Å². The van der Waals surface area contributed by atoms with Crippen molar-refractivity contribution in [3.63, 3.8) is 0 Å². The summed E-state index contributed by atoms with van der Waals surface area (Å²) in [5, 5.41) is 5.88. The summed E-state index contributed by atoms with van der Waals surface area (Å²) in [7, 11) is 0. The van der Waals surface area contributed by atoms with E-state index in [0.717, 1.165) is 5.56 Å². The van der Waals surface area contributed by atoms with Gasteiger partial charge in [-0.1, -0.05) is 42.1 Å². The van der Waals surface area contributed by atoms with E-state index in [1.165, 1.54) is 29.3 Å². The Bertz CT molecular complexity index is 1280. The zero-order chi connectivity index (χ0) is 21.1. The van der Waals surface area contributed by atoms with Gasteiger partial charge in [0.15, 0.2) is 22.4 Å². The number of H-pyrrole nitrogens is 1. The molecule has 0 saturated carbocycles. The second-order valence-electron chi connectivity index (χ2n) is 6.48. The van der Waals surface area contributed by atoms with E-state index in [1.807, 2.05) is 30.3 Å². The van der Waals surface area contributed by atoms with Crippen molar-refractivity contribution in [3.8, 4) is 11.4 Å². The van der Waals surface area contributed by atoms with Crippen molar-refractivity contribution in [3.05, 3.63) is 76.6 Å². The first-order chi connectivity index (χ1) is 14.5. The first-order valence-corrected chi connectivity index (χ1v) is 10.1. The number of carbonyl (C=O) groups is 2. The molecule has 0 unspecified atom stereocenters. The summed E-state index contributed by atoms with van der Waals surface area (Å²) in [6.07, 6.45) is 0. The van der Waals surface area contributed by atoms with Crippen LogP contribution in [0.2, 0.25) is 0 Å². The summed E-state index contributed by atoms with van der Waals surface area (Å²) >= 11 is 1.18. The molecule has 8 nitrogen and oxygen atoms in total. The van der Waals surface area contributed by atoms with Gasteiger partial charge in [-0.25, -0.2) is 14.5 Å². The molecule has 2 N–H and O–H groups in total. The number of ketones is 1. The summed E-state index contributed by atoms with van der Waals surface area (Å²) in [5.41, 5.74) is 2.11. The van der Waals surface area contributed by atoms with Crippen LogP contribution in [0.25, 0.3) is 17.0 Å². The molecule has 2 aromatic heterocycles. The van der Waals surface area contributed by atoms with Gasteiger partial charge < -0.3 is 5.32 Å². The number of hydrogen-bond donors (Lipinski definition) is 2. The van der Waals surface area contributed by atoms with Gasteiger partial charge in [-0.2, -0.15) is 0 Å². The van der Waals surface area contributed by atoms with Crippen molar-refractivity contribution in [1.29, 1.82) is 0 Å². The monoisotopic (exact) mass is 419 g/mol. The third kappa shape index (κ3) is 4.31. The number of aromatic nitrogens is 4. The molecule has 4 aromatic rings. The molecular weight excluding hydrogens is 402 g/mol. The Kier molecular flexibility index (Phi) is 5.44. The Balaban J connectivity index is 1.53. The highest BCUT2D eigenvalue weighted by Gasteiger charge is 2.13. The highest BCUT2D eigenvalue weighted by atomic mass is 32.2. The predicted molar refractivity (Wildman–Crippen MR) is 115 cm³/mol. The molecule has 4 rings (SSSR count). The topological polar surface area (TPSA) is 109 Å². The number of anilines is 1. The first kappa shape index (κ1) is 19.6. The van der Waals surface area contributed by atoms with E-state index < -0.39 is 0 Å². The van der Waals surface area contributed by atoms with Gasteiger partial charge in [0, 0.05) is 22.9 Å². The fourth-order valence-electron chi connectivity index (χ4n) is 2.81. The van der Waals surface area contributed by atoms with Crippen molar-refractivity contribution in [2.24, 2.45) is 0 Å². The molecule has 0 spiro atoms. The molecule has 2 heterocycles. The van der Waals surface area contributed by atoms with Crippen LogP contribution in [0.5, 0.6) is 0 Å². The smallest absolute Gasteiger partial charge is 0.266 e. The molecule has 0 atom stereocenters. The number of amides is 1. The van der Waals surface area contributed by atoms with Crippen LogP contribution >= 0.6 is 11.8 Å². The lowest BCUT2D eigenvalue weighted by Gasteiger charge is -2.08. The Morgan fingerprint density at radius 1 is 1.07 bits per heavy atom. The molecule has 0 radical (unpaired) electrons. The predicted octanol–water partition coefficient (Wildman–Crippen LogP) is 3.02. The lowest BCUT2D eigenvalue weighted by Crippen LogP contribution is -2.15. The largest absolute Gasteiger partial charge is 0.325 e. The minimum atomic E-state index is -0.300.